The predicted molar refractivity (Wildman–Crippen MR) is 117 cm³/mol. The van der Waals surface area contributed by atoms with Crippen LogP contribution in [0.1, 0.15) is 18.2 Å². The number of nitrogens with zero attached hydrogens (tertiary/aromatic N) is 5. The number of amides is 1. The number of para-hydroxylation sites is 1. The summed E-state index contributed by atoms with van der Waals surface area (Å²) in [5.41, 5.74) is 8.16. The number of ether oxygens (including phenoxy) is 1. The summed E-state index contributed by atoms with van der Waals surface area (Å²) >= 11 is 0. The Balaban J connectivity index is 1.49. The lowest BCUT2D eigenvalue weighted by Gasteiger charge is -2.14. The minimum atomic E-state index is -0.443. The number of anilines is 1. The zero-order valence-corrected chi connectivity index (χ0v) is 17.8. The van der Waals surface area contributed by atoms with E-state index in [4.69, 9.17) is 4.74 Å². The quantitative estimate of drug-likeness (QED) is 0.456. The van der Waals surface area contributed by atoms with E-state index in [2.05, 4.69) is 25.9 Å². The number of hydrazine groups is 1. The van der Waals surface area contributed by atoms with Gasteiger partial charge in [0.15, 0.2) is 12.3 Å². The van der Waals surface area contributed by atoms with Crippen LogP contribution in [0.25, 0.3) is 21.9 Å². The van der Waals surface area contributed by atoms with E-state index in [9.17, 15) is 9.59 Å². The van der Waals surface area contributed by atoms with Gasteiger partial charge in [-0.3, -0.25) is 25.0 Å². The minimum absolute atomic E-state index is 0.181. The molecule has 10 nitrogen and oxygen atoms in total. The molecule has 0 aliphatic heterocycles. The highest BCUT2D eigenvalue weighted by molar-refractivity contribution is 5.86. The number of fused-ring (bicyclic) bond motifs is 2. The summed E-state index contributed by atoms with van der Waals surface area (Å²) in [4.78, 5) is 33.9. The third-order valence-corrected chi connectivity index (χ3v) is 4.92. The van der Waals surface area contributed by atoms with Crippen LogP contribution in [0.4, 0.5) is 5.95 Å². The van der Waals surface area contributed by atoms with Crippen LogP contribution in [-0.4, -0.2) is 36.8 Å². The van der Waals surface area contributed by atoms with E-state index in [-0.39, 0.29) is 18.1 Å². The van der Waals surface area contributed by atoms with E-state index in [1.165, 1.54) is 4.57 Å². The number of hydrogen-bond donors (Lipinski definition) is 2. The molecule has 1 aromatic carbocycles. The Morgan fingerprint density at radius 3 is 2.74 bits per heavy atom. The first kappa shape index (κ1) is 20.3. The summed E-state index contributed by atoms with van der Waals surface area (Å²) in [5.74, 6) is 0.145. The Morgan fingerprint density at radius 1 is 1.19 bits per heavy atom. The Kier molecular flexibility index (Phi) is 5.28. The van der Waals surface area contributed by atoms with Gasteiger partial charge in [0, 0.05) is 19.3 Å². The molecule has 3 aromatic heterocycles. The van der Waals surface area contributed by atoms with E-state index in [0.717, 1.165) is 16.6 Å². The second-order valence-corrected chi connectivity index (χ2v) is 7.17. The molecule has 0 saturated carbocycles. The zero-order valence-electron chi connectivity index (χ0n) is 17.8. The number of rotatable bonds is 6. The van der Waals surface area contributed by atoms with Gasteiger partial charge in [-0.1, -0.05) is 12.1 Å². The fraction of sp³-hybridized carbons (Fsp3) is 0.286. The summed E-state index contributed by atoms with van der Waals surface area (Å²) in [6.07, 6.45) is 0. The lowest BCUT2D eigenvalue weighted by Crippen LogP contribution is -2.37. The van der Waals surface area contributed by atoms with Crippen LogP contribution in [-0.2, 0) is 18.4 Å². The molecule has 4 aromatic rings. The fourth-order valence-corrected chi connectivity index (χ4v) is 3.50. The average Bonchev–Trinajstić information content (AvgIpc) is 3.06. The van der Waals surface area contributed by atoms with Crippen LogP contribution in [0.3, 0.4) is 0 Å². The van der Waals surface area contributed by atoms with Gasteiger partial charge >= 0.3 is 0 Å². The molecular formula is C21H23N7O3. The Bertz CT molecular complexity index is 1360. The van der Waals surface area contributed by atoms with Gasteiger partial charge in [-0.2, -0.15) is 0 Å². The Morgan fingerprint density at radius 2 is 1.97 bits per heavy atom. The van der Waals surface area contributed by atoms with Crippen molar-refractivity contribution in [2.24, 2.45) is 7.05 Å². The van der Waals surface area contributed by atoms with Crippen LogP contribution in [0, 0.1) is 13.8 Å². The number of pyridine rings is 1. The van der Waals surface area contributed by atoms with E-state index in [1.54, 1.807) is 36.0 Å². The minimum Gasteiger partial charge on any atom is -0.466 e. The van der Waals surface area contributed by atoms with E-state index >= 15 is 0 Å². The van der Waals surface area contributed by atoms with Gasteiger partial charge in [-0.05, 0) is 44.5 Å². The number of hydrogen-bond acceptors (Lipinski definition) is 7. The van der Waals surface area contributed by atoms with E-state index < -0.39 is 5.91 Å². The second-order valence-electron chi connectivity index (χ2n) is 7.17. The van der Waals surface area contributed by atoms with Crippen LogP contribution in [0.5, 0.6) is 5.88 Å². The summed E-state index contributed by atoms with van der Waals surface area (Å²) in [7, 11) is 1.78. The van der Waals surface area contributed by atoms with Crippen molar-refractivity contribution in [1.29, 1.82) is 0 Å². The maximum absolute atomic E-state index is 12.6. The Hall–Kier alpha value is -3.95. The lowest BCUT2D eigenvalue weighted by molar-refractivity contribution is -0.122. The molecule has 0 fully saturated rings. The molecule has 1 amide bonds. The van der Waals surface area contributed by atoms with Crippen molar-refractivity contribution in [2.45, 2.75) is 27.3 Å². The topological polar surface area (TPSA) is 116 Å². The first-order valence-electron chi connectivity index (χ1n) is 9.87. The highest BCUT2D eigenvalue weighted by atomic mass is 16.5. The van der Waals surface area contributed by atoms with Crippen LogP contribution in [0.2, 0.25) is 0 Å². The van der Waals surface area contributed by atoms with Crippen LogP contribution in [0.15, 0.2) is 35.1 Å². The molecule has 0 bridgehead atoms. The standard InChI is InChI=1S/C21H23N7O3/c1-5-28-20(30)14-8-6-7-9-15(14)23-21(28)25-24-16(29)11-31-19-17-12(2)10-13(3)22-18(17)27(4)26-19/h6-10H,5,11H2,1-4H3,(H,23,25)(H,24,29). The molecule has 0 spiro atoms. The smallest absolute Gasteiger partial charge is 0.276 e. The largest absolute Gasteiger partial charge is 0.466 e. The number of aromatic nitrogens is 5. The van der Waals surface area contributed by atoms with Crippen molar-refractivity contribution in [1.82, 2.24) is 29.7 Å². The number of carbonyl (C=O) groups is 1. The molecule has 2 N–H and O–H groups in total. The van der Waals surface area contributed by atoms with Crippen molar-refractivity contribution in [3.8, 4) is 5.88 Å². The monoisotopic (exact) mass is 421 g/mol. The summed E-state index contributed by atoms with van der Waals surface area (Å²) in [5, 5.41) is 5.62. The molecule has 0 unspecified atom stereocenters. The number of benzene rings is 1. The molecule has 0 aliphatic rings. The van der Waals surface area contributed by atoms with E-state index in [0.29, 0.717) is 29.0 Å². The SMILES string of the molecule is CCn1c(NNC(=O)COc2nn(C)c3nc(C)cc(C)c23)nc2ccccc2c1=O. The van der Waals surface area contributed by atoms with Gasteiger partial charge in [0.2, 0.25) is 11.8 Å². The highest BCUT2D eigenvalue weighted by Gasteiger charge is 2.16. The van der Waals surface area contributed by atoms with Crippen molar-refractivity contribution in [3.05, 3.63) is 51.9 Å². The predicted octanol–water partition coefficient (Wildman–Crippen LogP) is 1.84. The molecule has 10 heteroatoms. The van der Waals surface area contributed by atoms with Crippen molar-refractivity contribution < 1.29 is 9.53 Å². The summed E-state index contributed by atoms with van der Waals surface area (Å²) in [6.45, 7) is 5.82. The lowest BCUT2D eigenvalue weighted by atomic mass is 10.2. The van der Waals surface area contributed by atoms with Crippen LogP contribution >= 0.6 is 0 Å². The van der Waals surface area contributed by atoms with Gasteiger partial charge in [0.1, 0.15) is 0 Å². The number of aryl methyl sites for hydroxylation is 3. The molecule has 0 radical (unpaired) electrons. The maximum Gasteiger partial charge on any atom is 0.276 e. The first-order chi connectivity index (χ1) is 14.9. The number of nitrogens with one attached hydrogen (secondary N) is 2. The number of carbonyl (C=O) groups excluding carboxylic acids is 1. The summed E-state index contributed by atoms with van der Waals surface area (Å²) < 4.78 is 8.72. The van der Waals surface area contributed by atoms with Gasteiger partial charge < -0.3 is 4.74 Å². The zero-order chi connectivity index (χ0) is 22.1. The summed E-state index contributed by atoms with van der Waals surface area (Å²) in [6, 6.07) is 9.00. The molecular weight excluding hydrogens is 398 g/mol. The third-order valence-electron chi connectivity index (χ3n) is 4.92. The molecule has 31 heavy (non-hydrogen) atoms. The van der Waals surface area contributed by atoms with Gasteiger partial charge in [-0.25, -0.2) is 14.6 Å². The highest BCUT2D eigenvalue weighted by Crippen LogP contribution is 2.26. The normalized spacial score (nSPS) is 11.1. The average molecular weight is 421 g/mol. The maximum atomic E-state index is 12.6. The van der Waals surface area contributed by atoms with Gasteiger partial charge in [0.25, 0.3) is 11.5 Å². The van der Waals surface area contributed by atoms with Crippen LogP contribution < -0.4 is 21.1 Å². The van der Waals surface area contributed by atoms with Crippen molar-refractivity contribution in [3.63, 3.8) is 0 Å². The van der Waals surface area contributed by atoms with Crippen molar-refractivity contribution in [2.75, 3.05) is 12.0 Å². The van der Waals surface area contributed by atoms with Crippen molar-refractivity contribution >= 4 is 33.8 Å². The van der Waals surface area contributed by atoms with E-state index in [1.807, 2.05) is 26.8 Å². The fourth-order valence-electron chi connectivity index (χ4n) is 3.50. The third kappa shape index (κ3) is 3.79. The first-order valence-corrected chi connectivity index (χ1v) is 9.87. The molecule has 160 valence electrons. The molecule has 0 aliphatic carbocycles. The molecule has 4 rings (SSSR count). The Labute approximate surface area is 177 Å². The molecule has 0 atom stereocenters. The van der Waals surface area contributed by atoms with Gasteiger partial charge in [0.05, 0.1) is 16.3 Å². The second kappa shape index (κ2) is 8.05. The van der Waals surface area contributed by atoms with Gasteiger partial charge in [-0.15, -0.1) is 5.10 Å². The molecule has 3 heterocycles. The molecule has 0 saturated heterocycles.